The second-order valence-electron chi connectivity index (χ2n) is 4.64. The van der Waals surface area contributed by atoms with Crippen molar-refractivity contribution >= 4 is 5.91 Å². The van der Waals surface area contributed by atoms with Crippen molar-refractivity contribution in [2.24, 2.45) is 5.92 Å². The van der Waals surface area contributed by atoms with Crippen molar-refractivity contribution in [1.29, 1.82) is 0 Å². The van der Waals surface area contributed by atoms with Crippen LogP contribution >= 0.6 is 0 Å². The molecule has 2 fully saturated rings. The first-order valence-corrected chi connectivity index (χ1v) is 5.77. The summed E-state index contributed by atoms with van der Waals surface area (Å²) in [5.41, 5.74) is 0. The maximum Gasteiger partial charge on any atom is 0.223 e. The number of piperazine rings is 1. The fraction of sp³-hybridized carbons (Fsp3) is 0.909. The van der Waals surface area contributed by atoms with E-state index in [0.29, 0.717) is 17.9 Å². The van der Waals surface area contributed by atoms with Gasteiger partial charge in [-0.3, -0.25) is 4.79 Å². The Bertz CT molecular complexity index is 213. The van der Waals surface area contributed by atoms with E-state index in [-0.39, 0.29) is 0 Å². The molecule has 1 aliphatic carbocycles. The lowest BCUT2D eigenvalue weighted by Gasteiger charge is -2.36. The van der Waals surface area contributed by atoms with Crippen molar-refractivity contribution < 1.29 is 4.79 Å². The average Bonchev–Trinajstić information content (AvgIpc) is 2.12. The van der Waals surface area contributed by atoms with E-state index in [9.17, 15) is 4.79 Å². The van der Waals surface area contributed by atoms with Gasteiger partial charge in [-0.2, -0.15) is 0 Å². The Morgan fingerprint density at radius 2 is 2.29 bits per heavy atom. The van der Waals surface area contributed by atoms with Crippen LogP contribution in [-0.4, -0.2) is 36.5 Å². The first-order valence-electron chi connectivity index (χ1n) is 5.77. The first-order chi connectivity index (χ1) is 6.77. The molecule has 3 nitrogen and oxygen atoms in total. The third-order valence-corrected chi connectivity index (χ3v) is 3.51. The molecule has 1 atom stereocenters. The van der Waals surface area contributed by atoms with E-state index < -0.39 is 0 Å². The van der Waals surface area contributed by atoms with Gasteiger partial charge < -0.3 is 10.2 Å². The van der Waals surface area contributed by atoms with Gasteiger partial charge in [-0.25, -0.2) is 0 Å². The normalized spacial score (nSPS) is 28.6. The molecule has 2 aliphatic rings. The van der Waals surface area contributed by atoms with E-state index >= 15 is 0 Å². The van der Waals surface area contributed by atoms with Crippen LogP contribution in [0.2, 0.25) is 0 Å². The van der Waals surface area contributed by atoms with Gasteiger partial charge in [-0.15, -0.1) is 0 Å². The Kier molecular flexibility index (Phi) is 3.06. The molecular weight excluding hydrogens is 176 g/mol. The van der Waals surface area contributed by atoms with Gasteiger partial charge in [-0.1, -0.05) is 6.42 Å². The second-order valence-corrected chi connectivity index (χ2v) is 4.64. The molecule has 1 saturated carbocycles. The molecule has 1 amide bonds. The van der Waals surface area contributed by atoms with E-state index in [1.807, 2.05) is 0 Å². The number of hydrogen-bond acceptors (Lipinski definition) is 2. The average molecular weight is 196 g/mol. The van der Waals surface area contributed by atoms with Crippen molar-refractivity contribution in [2.45, 2.75) is 38.6 Å². The summed E-state index contributed by atoms with van der Waals surface area (Å²) in [6.45, 7) is 4.94. The Morgan fingerprint density at radius 1 is 1.50 bits per heavy atom. The summed E-state index contributed by atoms with van der Waals surface area (Å²) >= 11 is 0. The molecule has 14 heavy (non-hydrogen) atoms. The fourth-order valence-electron chi connectivity index (χ4n) is 2.27. The summed E-state index contributed by atoms with van der Waals surface area (Å²) < 4.78 is 0. The lowest BCUT2D eigenvalue weighted by Crippen LogP contribution is -2.52. The van der Waals surface area contributed by atoms with Crippen LogP contribution in [0.1, 0.15) is 32.6 Å². The molecule has 0 aromatic heterocycles. The topological polar surface area (TPSA) is 32.3 Å². The molecule has 0 bridgehead atoms. The van der Waals surface area contributed by atoms with Gasteiger partial charge in [0.05, 0.1) is 0 Å². The second kappa shape index (κ2) is 4.30. The summed E-state index contributed by atoms with van der Waals surface area (Å²) in [6, 6.07) is 0.385. The summed E-state index contributed by atoms with van der Waals surface area (Å²) in [4.78, 5) is 14.0. The standard InChI is InChI=1S/C11H20N2O/c1-9-8-12-5-6-13(9)11(14)7-10-3-2-4-10/h9-10,12H,2-8H2,1H3/t9-/m0/s1. The van der Waals surface area contributed by atoms with E-state index in [1.54, 1.807) is 0 Å². The molecular formula is C11H20N2O. The predicted octanol–water partition coefficient (Wildman–Crippen LogP) is 0.997. The quantitative estimate of drug-likeness (QED) is 0.714. The zero-order chi connectivity index (χ0) is 9.97. The molecule has 1 heterocycles. The SMILES string of the molecule is C[C@H]1CNCCN1C(=O)CC1CCC1. The van der Waals surface area contributed by atoms with Gasteiger partial charge in [0.1, 0.15) is 0 Å². The summed E-state index contributed by atoms with van der Waals surface area (Å²) in [5, 5.41) is 3.31. The Balaban J connectivity index is 1.82. The van der Waals surface area contributed by atoms with Crippen LogP contribution in [0.15, 0.2) is 0 Å². The molecule has 1 saturated heterocycles. The van der Waals surface area contributed by atoms with Crippen LogP contribution in [0.4, 0.5) is 0 Å². The van der Waals surface area contributed by atoms with Gasteiger partial charge in [-0.05, 0) is 25.7 Å². The molecule has 80 valence electrons. The van der Waals surface area contributed by atoms with Crippen LogP contribution in [-0.2, 0) is 4.79 Å². The van der Waals surface area contributed by atoms with Gasteiger partial charge in [0, 0.05) is 32.1 Å². The number of carbonyl (C=O) groups is 1. The van der Waals surface area contributed by atoms with Crippen molar-refractivity contribution in [3.05, 3.63) is 0 Å². The van der Waals surface area contributed by atoms with Gasteiger partial charge in [0.25, 0.3) is 0 Å². The highest BCUT2D eigenvalue weighted by Gasteiger charge is 2.27. The van der Waals surface area contributed by atoms with Crippen LogP contribution in [0, 0.1) is 5.92 Å². The molecule has 0 spiro atoms. The number of hydrogen-bond donors (Lipinski definition) is 1. The van der Waals surface area contributed by atoms with E-state index in [1.165, 1.54) is 19.3 Å². The van der Waals surface area contributed by atoms with Gasteiger partial charge in [0.2, 0.25) is 5.91 Å². The van der Waals surface area contributed by atoms with E-state index in [2.05, 4.69) is 17.1 Å². The maximum absolute atomic E-state index is 11.9. The molecule has 1 N–H and O–H groups in total. The number of amides is 1. The van der Waals surface area contributed by atoms with Gasteiger partial charge in [0.15, 0.2) is 0 Å². The minimum atomic E-state index is 0.378. The molecule has 3 heteroatoms. The third-order valence-electron chi connectivity index (χ3n) is 3.51. The molecule has 0 aromatic carbocycles. The summed E-state index contributed by atoms with van der Waals surface area (Å²) in [7, 11) is 0. The fourth-order valence-corrected chi connectivity index (χ4v) is 2.27. The number of nitrogens with zero attached hydrogens (tertiary/aromatic N) is 1. The smallest absolute Gasteiger partial charge is 0.223 e. The van der Waals surface area contributed by atoms with Crippen molar-refractivity contribution in [3.63, 3.8) is 0 Å². The molecule has 2 rings (SSSR count). The molecule has 0 radical (unpaired) electrons. The van der Waals surface area contributed by atoms with E-state index in [0.717, 1.165) is 26.1 Å². The van der Waals surface area contributed by atoms with Crippen LogP contribution in [0.25, 0.3) is 0 Å². The number of carbonyl (C=O) groups excluding carboxylic acids is 1. The lowest BCUT2D eigenvalue weighted by atomic mass is 9.82. The lowest BCUT2D eigenvalue weighted by molar-refractivity contribution is -0.135. The molecule has 0 aromatic rings. The van der Waals surface area contributed by atoms with Gasteiger partial charge >= 0.3 is 0 Å². The highest BCUT2D eigenvalue weighted by molar-refractivity contribution is 5.77. The Morgan fingerprint density at radius 3 is 2.86 bits per heavy atom. The monoisotopic (exact) mass is 196 g/mol. The Labute approximate surface area is 85.8 Å². The highest BCUT2D eigenvalue weighted by Crippen LogP contribution is 2.30. The summed E-state index contributed by atoms with van der Waals surface area (Å²) in [6.07, 6.45) is 4.66. The summed E-state index contributed by atoms with van der Waals surface area (Å²) in [5.74, 6) is 1.08. The molecule has 0 unspecified atom stereocenters. The van der Waals surface area contributed by atoms with Crippen molar-refractivity contribution in [2.75, 3.05) is 19.6 Å². The van der Waals surface area contributed by atoms with Crippen LogP contribution in [0.3, 0.4) is 0 Å². The zero-order valence-electron chi connectivity index (χ0n) is 8.96. The highest BCUT2D eigenvalue weighted by atomic mass is 16.2. The minimum absolute atomic E-state index is 0.378. The Hall–Kier alpha value is -0.570. The van der Waals surface area contributed by atoms with Crippen LogP contribution < -0.4 is 5.32 Å². The van der Waals surface area contributed by atoms with Crippen LogP contribution in [0.5, 0.6) is 0 Å². The zero-order valence-corrected chi connectivity index (χ0v) is 8.96. The predicted molar refractivity (Wildman–Crippen MR) is 56.0 cm³/mol. The van der Waals surface area contributed by atoms with Crippen molar-refractivity contribution in [3.8, 4) is 0 Å². The largest absolute Gasteiger partial charge is 0.337 e. The van der Waals surface area contributed by atoms with Crippen molar-refractivity contribution in [1.82, 2.24) is 10.2 Å². The first kappa shape index (κ1) is 9.97. The maximum atomic E-state index is 11.9. The number of nitrogens with one attached hydrogen (secondary N) is 1. The third kappa shape index (κ3) is 2.08. The minimum Gasteiger partial charge on any atom is -0.337 e. The van der Waals surface area contributed by atoms with E-state index in [4.69, 9.17) is 0 Å². The number of rotatable bonds is 2. The molecule has 1 aliphatic heterocycles.